The first-order chi connectivity index (χ1) is 8.60. The average molecular weight is 310 g/mol. The molecule has 1 amide bonds. The van der Waals surface area contributed by atoms with Crippen LogP contribution in [0, 0.1) is 0 Å². The molecule has 0 aromatic carbocycles. The fourth-order valence-electron chi connectivity index (χ4n) is 1.48. The van der Waals surface area contributed by atoms with Gasteiger partial charge in [-0.2, -0.15) is 5.10 Å². The van der Waals surface area contributed by atoms with Crippen LogP contribution < -0.4 is 5.73 Å². The molecule has 18 heavy (non-hydrogen) atoms. The van der Waals surface area contributed by atoms with E-state index in [9.17, 15) is 4.79 Å². The van der Waals surface area contributed by atoms with E-state index in [-0.39, 0.29) is 0 Å². The van der Waals surface area contributed by atoms with Gasteiger partial charge in [0, 0.05) is 18.7 Å². The summed E-state index contributed by atoms with van der Waals surface area (Å²) < 4.78 is 2.19. The van der Waals surface area contributed by atoms with Gasteiger partial charge in [-0.15, -0.1) is 0 Å². The molecule has 0 saturated heterocycles. The summed E-state index contributed by atoms with van der Waals surface area (Å²) in [5.74, 6) is 0.828. The maximum Gasteiger partial charge on any atom is 0.251 e. The first-order valence-corrected chi connectivity index (χ1v) is 6.27. The van der Waals surface area contributed by atoms with Gasteiger partial charge >= 0.3 is 0 Å². The predicted octanol–water partition coefficient (Wildman–Crippen LogP) is 1.48. The molecule has 0 aliphatic rings. The highest BCUT2D eigenvalue weighted by Gasteiger charge is 2.08. The first kappa shape index (κ1) is 12.7. The Bertz CT molecular complexity index is 581. The van der Waals surface area contributed by atoms with Crippen LogP contribution in [0.2, 0.25) is 0 Å². The van der Waals surface area contributed by atoms with Crippen LogP contribution in [0.25, 0.3) is 5.82 Å². The van der Waals surface area contributed by atoms with Gasteiger partial charge < -0.3 is 5.73 Å². The van der Waals surface area contributed by atoms with Crippen molar-refractivity contribution >= 4 is 21.8 Å². The van der Waals surface area contributed by atoms with Gasteiger partial charge in [0.1, 0.15) is 10.4 Å². The fraction of sp³-hybridized carbons (Fsp3) is 0.273. The molecule has 2 heterocycles. The molecule has 0 spiro atoms. The molecular weight excluding hydrogens is 298 g/mol. The van der Waals surface area contributed by atoms with Gasteiger partial charge in [-0.05, 0) is 22.4 Å². The van der Waals surface area contributed by atoms with Crippen LogP contribution in [0.3, 0.4) is 0 Å². The van der Waals surface area contributed by atoms with Crippen LogP contribution in [-0.4, -0.2) is 25.7 Å². The Kier molecular flexibility index (Phi) is 3.71. The van der Waals surface area contributed by atoms with E-state index in [0.717, 1.165) is 18.7 Å². The second-order valence-electron chi connectivity index (χ2n) is 3.75. The second kappa shape index (κ2) is 5.26. The fourth-order valence-corrected chi connectivity index (χ4v) is 1.89. The summed E-state index contributed by atoms with van der Waals surface area (Å²) in [7, 11) is 0. The normalized spacial score (nSPS) is 10.6. The number of hydrogen-bond donors (Lipinski definition) is 1. The minimum Gasteiger partial charge on any atom is -0.366 e. The van der Waals surface area contributed by atoms with Gasteiger partial charge in [0.2, 0.25) is 0 Å². The third-order valence-electron chi connectivity index (χ3n) is 2.30. The molecule has 2 aromatic rings. The number of primary amides is 1. The third kappa shape index (κ3) is 2.73. The van der Waals surface area contributed by atoms with Crippen LogP contribution >= 0.6 is 15.9 Å². The maximum absolute atomic E-state index is 11.0. The van der Waals surface area contributed by atoms with Gasteiger partial charge in [-0.25, -0.2) is 14.6 Å². The van der Waals surface area contributed by atoms with Crippen LogP contribution in [0.4, 0.5) is 0 Å². The van der Waals surface area contributed by atoms with E-state index in [4.69, 9.17) is 5.73 Å². The Hall–Kier alpha value is -1.76. The van der Waals surface area contributed by atoms with E-state index in [0.29, 0.717) is 16.0 Å². The highest BCUT2D eigenvalue weighted by molar-refractivity contribution is 9.10. The summed E-state index contributed by atoms with van der Waals surface area (Å²) in [5, 5.41) is 4.05. The van der Waals surface area contributed by atoms with E-state index < -0.39 is 5.91 Å². The highest BCUT2D eigenvalue weighted by atomic mass is 79.9. The van der Waals surface area contributed by atoms with E-state index in [1.807, 2.05) is 0 Å². The first-order valence-electron chi connectivity index (χ1n) is 5.48. The molecule has 2 rings (SSSR count). The molecule has 6 nitrogen and oxygen atoms in total. The molecule has 0 radical (unpaired) electrons. The maximum atomic E-state index is 11.0. The van der Waals surface area contributed by atoms with Gasteiger partial charge in [0.25, 0.3) is 5.91 Å². The monoisotopic (exact) mass is 309 g/mol. The molecular formula is C11H12BrN5O. The zero-order chi connectivity index (χ0) is 13.1. The van der Waals surface area contributed by atoms with Crippen LogP contribution in [0.5, 0.6) is 0 Å². The van der Waals surface area contributed by atoms with E-state index >= 15 is 0 Å². The van der Waals surface area contributed by atoms with Crippen molar-refractivity contribution in [3.05, 3.63) is 34.5 Å². The lowest BCUT2D eigenvalue weighted by Gasteiger charge is -2.04. The molecule has 0 unspecified atom stereocenters. The largest absolute Gasteiger partial charge is 0.366 e. The van der Waals surface area contributed by atoms with Crippen molar-refractivity contribution in [3.8, 4) is 5.82 Å². The number of hydrogen-bond acceptors (Lipinski definition) is 4. The molecule has 2 aromatic heterocycles. The summed E-state index contributed by atoms with van der Waals surface area (Å²) in [6, 6.07) is 1.73. The van der Waals surface area contributed by atoms with Crippen LogP contribution in [-0.2, 0) is 6.42 Å². The number of carbonyl (C=O) groups is 1. The Balaban J connectivity index is 2.39. The topological polar surface area (TPSA) is 86.7 Å². The molecule has 0 aliphatic carbocycles. The smallest absolute Gasteiger partial charge is 0.251 e. The molecule has 0 aliphatic heterocycles. The standard InChI is InChI=1S/C11H12BrN5O/c1-2-3-9-15-8(12)4-10(16-9)17-6-7(5-14-17)11(13)18/h4-6H,2-3H2,1H3,(H2,13,18). The number of aryl methyl sites for hydroxylation is 1. The summed E-state index contributed by atoms with van der Waals surface area (Å²) >= 11 is 3.33. The highest BCUT2D eigenvalue weighted by Crippen LogP contribution is 2.13. The number of amides is 1. The van der Waals surface area contributed by atoms with Crippen molar-refractivity contribution in [2.24, 2.45) is 5.73 Å². The second-order valence-corrected chi connectivity index (χ2v) is 4.57. The van der Waals surface area contributed by atoms with Gasteiger partial charge in [0.15, 0.2) is 5.82 Å². The van der Waals surface area contributed by atoms with E-state index in [1.54, 1.807) is 12.3 Å². The Labute approximate surface area is 112 Å². The summed E-state index contributed by atoms with van der Waals surface area (Å²) in [4.78, 5) is 19.6. The molecule has 0 bridgehead atoms. The number of halogens is 1. The molecule has 2 N–H and O–H groups in total. The van der Waals surface area contributed by atoms with Crippen molar-refractivity contribution in [2.75, 3.05) is 0 Å². The zero-order valence-electron chi connectivity index (χ0n) is 9.80. The quantitative estimate of drug-likeness (QED) is 0.867. The van der Waals surface area contributed by atoms with E-state index in [1.165, 1.54) is 10.9 Å². The Morgan fingerprint density at radius 3 is 2.89 bits per heavy atom. The Morgan fingerprint density at radius 2 is 2.28 bits per heavy atom. The van der Waals surface area contributed by atoms with Crippen LogP contribution in [0.15, 0.2) is 23.1 Å². The van der Waals surface area contributed by atoms with Crippen molar-refractivity contribution < 1.29 is 4.79 Å². The number of carbonyl (C=O) groups excluding carboxylic acids is 1. The lowest BCUT2D eigenvalue weighted by atomic mass is 10.3. The molecule has 0 saturated carbocycles. The number of rotatable bonds is 4. The molecule has 0 atom stereocenters. The van der Waals surface area contributed by atoms with Crippen LogP contribution in [0.1, 0.15) is 29.5 Å². The number of nitrogens with two attached hydrogens (primary N) is 1. The third-order valence-corrected chi connectivity index (χ3v) is 2.71. The average Bonchev–Trinajstić information content (AvgIpc) is 2.78. The molecule has 0 fully saturated rings. The number of aromatic nitrogens is 4. The minimum absolute atomic E-state index is 0.349. The summed E-state index contributed by atoms with van der Waals surface area (Å²) in [5.41, 5.74) is 5.53. The van der Waals surface area contributed by atoms with Crippen molar-refractivity contribution in [1.29, 1.82) is 0 Å². The zero-order valence-corrected chi connectivity index (χ0v) is 11.4. The van der Waals surface area contributed by atoms with Gasteiger partial charge in [-0.3, -0.25) is 4.79 Å². The summed E-state index contributed by atoms with van der Waals surface area (Å²) in [6.45, 7) is 2.06. The SMILES string of the molecule is CCCc1nc(Br)cc(-n2cc(C(N)=O)cn2)n1. The van der Waals surface area contributed by atoms with Gasteiger partial charge in [0.05, 0.1) is 11.8 Å². The Morgan fingerprint density at radius 1 is 1.50 bits per heavy atom. The van der Waals surface area contributed by atoms with E-state index in [2.05, 4.69) is 37.9 Å². The number of nitrogens with zero attached hydrogens (tertiary/aromatic N) is 4. The molecule has 7 heteroatoms. The van der Waals surface area contributed by atoms with Crippen molar-refractivity contribution in [1.82, 2.24) is 19.7 Å². The van der Waals surface area contributed by atoms with Crippen molar-refractivity contribution in [2.45, 2.75) is 19.8 Å². The molecule has 94 valence electrons. The van der Waals surface area contributed by atoms with Crippen molar-refractivity contribution in [3.63, 3.8) is 0 Å². The minimum atomic E-state index is -0.511. The summed E-state index contributed by atoms with van der Waals surface area (Å²) in [6.07, 6.45) is 4.71. The van der Waals surface area contributed by atoms with Gasteiger partial charge in [-0.1, -0.05) is 6.92 Å². The lowest BCUT2D eigenvalue weighted by Crippen LogP contribution is -2.09. The predicted molar refractivity (Wildman–Crippen MR) is 69.4 cm³/mol. The lowest BCUT2D eigenvalue weighted by molar-refractivity contribution is 0.100.